The molecule has 2 rings (SSSR count). The fraction of sp³-hybridized carbons (Fsp3) is 0.385. The highest BCUT2D eigenvalue weighted by molar-refractivity contribution is 9.10. The van der Waals surface area contributed by atoms with Crippen LogP contribution in [0.25, 0.3) is 0 Å². The number of rotatable bonds is 2. The summed E-state index contributed by atoms with van der Waals surface area (Å²) in [6.07, 6.45) is 1.01. The van der Waals surface area contributed by atoms with Crippen LogP contribution >= 0.6 is 15.9 Å². The molecule has 2 amide bonds. The summed E-state index contributed by atoms with van der Waals surface area (Å²) in [6, 6.07) is 4.56. The van der Waals surface area contributed by atoms with Gasteiger partial charge in [-0.05, 0) is 46.5 Å². The molecular formula is C13H15BrN2O3. The predicted octanol–water partition coefficient (Wildman–Crippen LogP) is 3.02. The largest absolute Gasteiger partial charge is 0.478 e. The maximum Gasteiger partial charge on any atom is 0.336 e. The summed E-state index contributed by atoms with van der Waals surface area (Å²) in [7, 11) is 0. The first kappa shape index (κ1) is 13.9. The van der Waals surface area contributed by atoms with E-state index in [4.69, 9.17) is 5.11 Å². The molecular weight excluding hydrogens is 312 g/mol. The summed E-state index contributed by atoms with van der Waals surface area (Å²) in [5.74, 6) is -0.511. The number of halogens is 1. The van der Waals surface area contributed by atoms with Gasteiger partial charge in [0.05, 0.1) is 5.56 Å². The van der Waals surface area contributed by atoms with Crippen molar-refractivity contribution >= 4 is 33.6 Å². The van der Waals surface area contributed by atoms with Gasteiger partial charge in [-0.15, -0.1) is 0 Å². The van der Waals surface area contributed by atoms with Gasteiger partial charge in [0.2, 0.25) is 0 Å². The summed E-state index contributed by atoms with van der Waals surface area (Å²) in [6.45, 7) is 3.60. The first-order chi connectivity index (χ1) is 8.97. The van der Waals surface area contributed by atoms with E-state index in [1.54, 1.807) is 17.0 Å². The summed E-state index contributed by atoms with van der Waals surface area (Å²) in [5.41, 5.74) is 0.623. The van der Waals surface area contributed by atoms with E-state index in [0.717, 1.165) is 19.5 Å². The summed E-state index contributed by atoms with van der Waals surface area (Å²) in [5, 5.41) is 11.7. The third kappa shape index (κ3) is 3.26. The number of hydrogen-bond acceptors (Lipinski definition) is 2. The predicted molar refractivity (Wildman–Crippen MR) is 75.5 cm³/mol. The van der Waals surface area contributed by atoms with Crippen molar-refractivity contribution in [1.82, 2.24) is 4.90 Å². The normalized spacial score (nSPS) is 18.4. The second-order valence-corrected chi connectivity index (χ2v) is 5.62. The first-order valence-corrected chi connectivity index (χ1v) is 6.85. The molecule has 0 spiro atoms. The summed E-state index contributed by atoms with van der Waals surface area (Å²) < 4.78 is 0.493. The molecule has 1 aliphatic rings. The third-order valence-corrected chi connectivity index (χ3v) is 3.85. The molecule has 1 aliphatic heterocycles. The van der Waals surface area contributed by atoms with Crippen LogP contribution in [-0.4, -0.2) is 35.1 Å². The van der Waals surface area contributed by atoms with Crippen molar-refractivity contribution in [2.75, 3.05) is 18.4 Å². The van der Waals surface area contributed by atoms with Gasteiger partial charge in [0.25, 0.3) is 0 Å². The number of likely N-dealkylation sites (tertiary alicyclic amines) is 1. The number of anilines is 1. The molecule has 19 heavy (non-hydrogen) atoms. The van der Waals surface area contributed by atoms with Crippen molar-refractivity contribution in [3.63, 3.8) is 0 Å². The lowest BCUT2D eigenvalue weighted by Gasteiger charge is -2.17. The van der Waals surface area contributed by atoms with Crippen LogP contribution in [0.2, 0.25) is 0 Å². The van der Waals surface area contributed by atoms with E-state index in [-0.39, 0.29) is 11.6 Å². The Labute approximate surface area is 119 Å². The summed E-state index contributed by atoms with van der Waals surface area (Å²) >= 11 is 3.17. The maximum atomic E-state index is 12.0. The Balaban J connectivity index is 2.09. The molecule has 1 atom stereocenters. The zero-order valence-electron chi connectivity index (χ0n) is 10.5. The Kier molecular flexibility index (Phi) is 4.09. The number of nitrogens with one attached hydrogen (secondary N) is 1. The van der Waals surface area contributed by atoms with Crippen molar-refractivity contribution in [1.29, 1.82) is 0 Å². The molecule has 0 saturated carbocycles. The van der Waals surface area contributed by atoms with Gasteiger partial charge in [0.1, 0.15) is 0 Å². The van der Waals surface area contributed by atoms with Gasteiger partial charge in [-0.3, -0.25) is 0 Å². The SMILES string of the molecule is CC1CCN(C(=O)Nc2ccc(Br)c(C(=O)O)c2)C1. The lowest BCUT2D eigenvalue weighted by atomic mass is 10.2. The van der Waals surface area contributed by atoms with Crippen molar-refractivity contribution < 1.29 is 14.7 Å². The minimum atomic E-state index is -1.03. The van der Waals surface area contributed by atoms with Gasteiger partial charge < -0.3 is 15.3 Å². The van der Waals surface area contributed by atoms with Crippen LogP contribution in [0.15, 0.2) is 22.7 Å². The van der Waals surface area contributed by atoms with Crippen LogP contribution in [0.5, 0.6) is 0 Å². The first-order valence-electron chi connectivity index (χ1n) is 6.06. The van der Waals surface area contributed by atoms with Crippen molar-refractivity contribution in [3.8, 4) is 0 Å². The van der Waals surface area contributed by atoms with Gasteiger partial charge in [0.15, 0.2) is 0 Å². The molecule has 0 radical (unpaired) electrons. The highest BCUT2D eigenvalue weighted by Crippen LogP contribution is 2.22. The number of hydrogen-bond donors (Lipinski definition) is 2. The van der Waals surface area contributed by atoms with E-state index in [9.17, 15) is 9.59 Å². The number of aromatic carboxylic acids is 1. The van der Waals surface area contributed by atoms with Crippen LogP contribution in [0.3, 0.4) is 0 Å². The van der Waals surface area contributed by atoms with E-state index >= 15 is 0 Å². The highest BCUT2D eigenvalue weighted by Gasteiger charge is 2.23. The number of urea groups is 1. The van der Waals surface area contributed by atoms with Gasteiger partial charge in [-0.1, -0.05) is 6.92 Å². The third-order valence-electron chi connectivity index (χ3n) is 3.16. The fourth-order valence-electron chi connectivity index (χ4n) is 2.09. The Hall–Kier alpha value is -1.56. The molecule has 1 fully saturated rings. The number of carbonyl (C=O) groups is 2. The van der Waals surface area contributed by atoms with Gasteiger partial charge in [0, 0.05) is 23.2 Å². The average Bonchev–Trinajstić information content (AvgIpc) is 2.78. The van der Waals surface area contributed by atoms with Crippen molar-refractivity contribution in [2.24, 2.45) is 5.92 Å². The molecule has 0 bridgehead atoms. The topological polar surface area (TPSA) is 69.6 Å². The van der Waals surface area contributed by atoms with Crippen molar-refractivity contribution in [3.05, 3.63) is 28.2 Å². The molecule has 1 unspecified atom stereocenters. The molecule has 1 saturated heterocycles. The van der Waals surface area contributed by atoms with Crippen LogP contribution in [-0.2, 0) is 0 Å². The lowest BCUT2D eigenvalue weighted by Crippen LogP contribution is -2.32. The van der Waals surface area contributed by atoms with Crippen molar-refractivity contribution in [2.45, 2.75) is 13.3 Å². The second-order valence-electron chi connectivity index (χ2n) is 4.77. The fourth-order valence-corrected chi connectivity index (χ4v) is 2.51. The molecule has 0 aromatic heterocycles. The number of benzene rings is 1. The van der Waals surface area contributed by atoms with E-state index in [2.05, 4.69) is 28.2 Å². The molecule has 1 aromatic carbocycles. The molecule has 102 valence electrons. The molecule has 0 aliphatic carbocycles. The van der Waals surface area contributed by atoms with E-state index in [0.29, 0.717) is 16.1 Å². The Morgan fingerprint density at radius 1 is 1.47 bits per heavy atom. The number of carboxylic acids is 1. The van der Waals surface area contributed by atoms with Crippen LogP contribution < -0.4 is 5.32 Å². The van der Waals surface area contributed by atoms with Crippen LogP contribution in [0.4, 0.5) is 10.5 Å². The number of amides is 2. The molecule has 1 aromatic rings. The van der Waals surface area contributed by atoms with Gasteiger partial charge in [-0.25, -0.2) is 9.59 Å². The maximum absolute atomic E-state index is 12.0. The Morgan fingerprint density at radius 2 is 2.21 bits per heavy atom. The monoisotopic (exact) mass is 326 g/mol. The minimum absolute atomic E-state index is 0.132. The van der Waals surface area contributed by atoms with E-state index in [1.807, 2.05) is 0 Å². The van der Waals surface area contributed by atoms with Crippen LogP contribution in [0, 0.1) is 5.92 Å². The molecule has 2 N–H and O–H groups in total. The van der Waals surface area contributed by atoms with Gasteiger partial charge >= 0.3 is 12.0 Å². The zero-order chi connectivity index (χ0) is 14.0. The number of carboxylic acid groups (broad SMARTS) is 1. The van der Waals surface area contributed by atoms with Gasteiger partial charge in [-0.2, -0.15) is 0 Å². The van der Waals surface area contributed by atoms with Crippen LogP contribution in [0.1, 0.15) is 23.7 Å². The van der Waals surface area contributed by atoms with E-state index in [1.165, 1.54) is 6.07 Å². The number of nitrogens with zero attached hydrogens (tertiary/aromatic N) is 1. The number of carbonyl (C=O) groups excluding carboxylic acids is 1. The average molecular weight is 327 g/mol. The second kappa shape index (κ2) is 5.61. The Morgan fingerprint density at radius 3 is 2.79 bits per heavy atom. The Bertz CT molecular complexity index is 519. The quantitative estimate of drug-likeness (QED) is 0.877. The molecule has 5 nitrogen and oxygen atoms in total. The molecule has 6 heteroatoms. The zero-order valence-corrected chi connectivity index (χ0v) is 12.1. The highest BCUT2D eigenvalue weighted by atomic mass is 79.9. The molecule has 1 heterocycles. The summed E-state index contributed by atoms with van der Waals surface area (Å²) in [4.78, 5) is 24.7. The van der Waals surface area contributed by atoms with E-state index < -0.39 is 5.97 Å². The standard InChI is InChI=1S/C13H15BrN2O3/c1-8-4-5-16(7-8)13(19)15-9-2-3-11(14)10(6-9)12(17)18/h2-3,6,8H,4-5,7H2,1H3,(H,15,19)(H,17,18). The smallest absolute Gasteiger partial charge is 0.336 e. The lowest BCUT2D eigenvalue weighted by molar-refractivity contribution is 0.0696. The minimum Gasteiger partial charge on any atom is -0.478 e.